The number of halogens is 1. The molecule has 110 valence electrons. The van der Waals surface area contributed by atoms with Gasteiger partial charge in [0.25, 0.3) is 5.91 Å². The molecule has 1 heterocycles. The quantitative estimate of drug-likeness (QED) is 0.656. The van der Waals surface area contributed by atoms with Gasteiger partial charge in [0.2, 0.25) is 0 Å². The molecule has 0 saturated carbocycles. The Balaban J connectivity index is 2.23. The predicted octanol–water partition coefficient (Wildman–Crippen LogP) is 3.99. The first-order valence-electron chi connectivity index (χ1n) is 6.19. The molecule has 1 aromatic carbocycles. The minimum atomic E-state index is -0.446. The summed E-state index contributed by atoms with van der Waals surface area (Å²) in [5, 5.41) is 5.34. The van der Waals surface area contributed by atoms with Crippen molar-refractivity contribution in [3.8, 4) is 0 Å². The molecule has 0 radical (unpaired) electrons. The van der Waals surface area contributed by atoms with E-state index in [0.717, 1.165) is 16.5 Å². The average Bonchev–Trinajstić information content (AvgIpc) is 2.87. The Morgan fingerprint density at radius 2 is 1.95 bits per heavy atom. The van der Waals surface area contributed by atoms with Crippen LogP contribution in [0.1, 0.15) is 31.2 Å². The number of carbonyl (C=O) groups excluding carboxylic acids is 2. The molecule has 1 amide bonds. The number of hydrogen-bond donors (Lipinski definition) is 1. The Morgan fingerprint density at radius 3 is 2.52 bits per heavy atom. The number of aryl methyl sites for hydroxylation is 1. The number of methoxy groups -OCH3 is 1. The molecule has 2 aromatic rings. The van der Waals surface area contributed by atoms with Crippen LogP contribution in [-0.4, -0.2) is 19.0 Å². The molecule has 0 unspecified atom stereocenters. The third kappa shape index (κ3) is 3.51. The van der Waals surface area contributed by atoms with Crippen molar-refractivity contribution in [1.29, 1.82) is 0 Å². The van der Waals surface area contributed by atoms with Gasteiger partial charge in [-0.05, 0) is 35.6 Å². The van der Waals surface area contributed by atoms with Crippen molar-refractivity contribution < 1.29 is 14.3 Å². The number of rotatable bonds is 4. The minimum Gasteiger partial charge on any atom is -0.465 e. The summed E-state index contributed by atoms with van der Waals surface area (Å²) in [5.41, 5.74) is 2.99. The van der Waals surface area contributed by atoms with Crippen molar-refractivity contribution in [2.24, 2.45) is 0 Å². The van der Waals surface area contributed by atoms with Crippen LogP contribution < -0.4 is 5.32 Å². The number of ether oxygens (including phenoxy) is 1. The lowest BCUT2D eigenvalue weighted by Gasteiger charge is -2.07. The molecule has 4 nitrogen and oxygen atoms in total. The van der Waals surface area contributed by atoms with Crippen molar-refractivity contribution in [3.63, 3.8) is 0 Å². The van der Waals surface area contributed by atoms with Gasteiger partial charge in [-0.3, -0.25) is 4.79 Å². The highest BCUT2D eigenvalue weighted by Crippen LogP contribution is 2.28. The molecule has 0 atom stereocenters. The van der Waals surface area contributed by atoms with Gasteiger partial charge < -0.3 is 10.1 Å². The molecular formula is C15H14BrNO3S. The third-order valence-electron chi connectivity index (χ3n) is 2.95. The summed E-state index contributed by atoms with van der Waals surface area (Å²) < 4.78 is 4.72. The molecule has 1 N–H and O–H groups in total. The standard InChI is InChI=1S/C15H14BrNO3S/c1-9-8-21-13(15(19)20-2)12(9)17-14(18)11-5-3-10(7-16)4-6-11/h3-6,8H,7H2,1-2H3,(H,17,18). The van der Waals surface area contributed by atoms with Crippen LogP contribution in [0, 0.1) is 6.92 Å². The van der Waals surface area contributed by atoms with E-state index in [1.165, 1.54) is 18.4 Å². The van der Waals surface area contributed by atoms with Crippen LogP contribution in [0.25, 0.3) is 0 Å². The lowest BCUT2D eigenvalue weighted by atomic mass is 10.1. The lowest BCUT2D eigenvalue weighted by molar-refractivity contribution is 0.0607. The van der Waals surface area contributed by atoms with Crippen LogP contribution in [0.15, 0.2) is 29.6 Å². The van der Waals surface area contributed by atoms with Gasteiger partial charge in [-0.15, -0.1) is 11.3 Å². The van der Waals surface area contributed by atoms with E-state index in [1.807, 2.05) is 24.4 Å². The number of carbonyl (C=O) groups is 2. The van der Waals surface area contributed by atoms with Crippen molar-refractivity contribution in [2.45, 2.75) is 12.3 Å². The number of hydrogen-bond acceptors (Lipinski definition) is 4. The number of esters is 1. The van der Waals surface area contributed by atoms with Crippen LogP contribution in [0.2, 0.25) is 0 Å². The molecule has 0 spiro atoms. The van der Waals surface area contributed by atoms with Gasteiger partial charge in [0, 0.05) is 10.9 Å². The molecule has 0 aliphatic rings. The van der Waals surface area contributed by atoms with Gasteiger partial charge in [-0.2, -0.15) is 0 Å². The van der Waals surface area contributed by atoms with E-state index in [9.17, 15) is 9.59 Å². The number of anilines is 1. The Morgan fingerprint density at radius 1 is 1.29 bits per heavy atom. The normalized spacial score (nSPS) is 10.2. The van der Waals surface area contributed by atoms with Gasteiger partial charge in [-0.25, -0.2) is 4.79 Å². The first-order chi connectivity index (χ1) is 10.1. The van der Waals surface area contributed by atoms with Gasteiger partial charge in [0.15, 0.2) is 0 Å². The van der Waals surface area contributed by atoms with E-state index in [-0.39, 0.29) is 5.91 Å². The van der Waals surface area contributed by atoms with Gasteiger partial charge in [0.05, 0.1) is 12.8 Å². The predicted molar refractivity (Wildman–Crippen MR) is 87.4 cm³/mol. The summed E-state index contributed by atoms with van der Waals surface area (Å²) in [6, 6.07) is 7.27. The minimum absolute atomic E-state index is 0.247. The summed E-state index contributed by atoms with van der Waals surface area (Å²) in [6.45, 7) is 1.84. The number of alkyl halides is 1. The van der Waals surface area contributed by atoms with Crippen LogP contribution in [0.3, 0.4) is 0 Å². The van der Waals surface area contributed by atoms with E-state index in [4.69, 9.17) is 4.74 Å². The topological polar surface area (TPSA) is 55.4 Å². The number of thiophene rings is 1. The third-order valence-corrected chi connectivity index (χ3v) is 4.68. The summed E-state index contributed by atoms with van der Waals surface area (Å²) >= 11 is 4.62. The van der Waals surface area contributed by atoms with Crippen molar-refractivity contribution in [2.75, 3.05) is 12.4 Å². The van der Waals surface area contributed by atoms with Gasteiger partial charge in [0.1, 0.15) is 4.88 Å². The molecule has 0 bridgehead atoms. The van der Waals surface area contributed by atoms with E-state index in [0.29, 0.717) is 16.1 Å². The highest BCUT2D eigenvalue weighted by molar-refractivity contribution is 9.08. The first-order valence-corrected chi connectivity index (χ1v) is 8.19. The van der Waals surface area contributed by atoms with Crippen molar-refractivity contribution in [1.82, 2.24) is 0 Å². The van der Waals surface area contributed by atoms with Crippen LogP contribution in [0.5, 0.6) is 0 Å². The summed E-state index contributed by atoms with van der Waals surface area (Å²) in [4.78, 5) is 24.3. The molecule has 0 aliphatic heterocycles. The zero-order valence-corrected chi connectivity index (χ0v) is 14.0. The first kappa shape index (κ1) is 15.7. The van der Waals surface area contributed by atoms with E-state index >= 15 is 0 Å². The van der Waals surface area contributed by atoms with Crippen LogP contribution >= 0.6 is 27.3 Å². The summed E-state index contributed by atoms with van der Waals surface area (Å²) in [7, 11) is 1.32. The van der Waals surface area contributed by atoms with Crippen LogP contribution in [-0.2, 0) is 10.1 Å². The largest absolute Gasteiger partial charge is 0.465 e. The van der Waals surface area contributed by atoms with E-state index in [2.05, 4.69) is 21.2 Å². The SMILES string of the molecule is COC(=O)c1scc(C)c1NC(=O)c1ccc(CBr)cc1. The fourth-order valence-corrected chi connectivity index (χ4v) is 3.07. The summed E-state index contributed by atoms with van der Waals surface area (Å²) in [5.74, 6) is -0.694. The highest BCUT2D eigenvalue weighted by atomic mass is 79.9. The number of benzene rings is 1. The van der Waals surface area contributed by atoms with Crippen molar-refractivity contribution >= 4 is 44.8 Å². The number of nitrogens with one attached hydrogen (secondary N) is 1. The molecule has 0 aliphatic carbocycles. The second-order valence-electron chi connectivity index (χ2n) is 4.40. The number of amides is 1. The maximum Gasteiger partial charge on any atom is 0.350 e. The molecular weight excluding hydrogens is 354 g/mol. The molecule has 6 heteroatoms. The summed E-state index contributed by atoms with van der Waals surface area (Å²) in [6.07, 6.45) is 0. The van der Waals surface area contributed by atoms with Crippen molar-refractivity contribution in [3.05, 3.63) is 51.2 Å². The van der Waals surface area contributed by atoms with Gasteiger partial charge in [-0.1, -0.05) is 28.1 Å². The Hall–Kier alpha value is -1.66. The molecule has 2 rings (SSSR count). The fourth-order valence-electron chi connectivity index (χ4n) is 1.77. The lowest BCUT2D eigenvalue weighted by Crippen LogP contribution is -2.14. The fraction of sp³-hybridized carbons (Fsp3) is 0.200. The van der Waals surface area contributed by atoms with E-state index < -0.39 is 5.97 Å². The van der Waals surface area contributed by atoms with E-state index in [1.54, 1.807) is 12.1 Å². The van der Waals surface area contributed by atoms with Gasteiger partial charge >= 0.3 is 5.97 Å². The molecule has 0 saturated heterocycles. The maximum atomic E-state index is 12.3. The second-order valence-corrected chi connectivity index (χ2v) is 5.84. The maximum absolute atomic E-state index is 12.3. The zero-order chi connectivity index (χ0) is 15.4. The average molecular weight is 368 g/mol. The molecule has 1 aromatic heterocycles. The Labute approximate surface area is 135 Å². The zero-order valence-electron chi connectivity index (χ0n) is 11.6. The Bertz CT molecular complexity index is 664. The monoisotopic (exact) mass is 367 g/mol. The Kier molecular flexibility index (Phi) is 5.14. The molecule has 21 heavy (non-hydrogen) atoms. The highest BCUT2D eigenvalue weighted by Gasteiger charge is 2.19. The smallest absolute Gasteiger partial charge is 0.350 e. The second kappa shape index (κ2) is 6.87. The van der Waals surface area contributed by atoms with Crippen LogP contribution in [0.4, 0.5) is 5.69 Å². The molecule has 0 fully saturated rings.